The smallest absolute Gasteiger partial charge is 0.412 e. The van der Waals surface area contributed by atoms with E-state index in [2.05, 4.69) is 5.82 Å². The van der Waals surface area contributed by atoms with Gasteiger partial charge in [0.05, 0.1) is 0 Å². The molecule has 0 aromatic carbocycles. The molecule has 0 aromatic rings. The van der Waals surface area contributed by atoms with Gasteiger partial charge in [0.2, 0.25) is 0 Å². The van der Waals surface area contributed by atoms with Gasteiger partial charge in [-0.15, -0.1) is 0 Å². The van der Waals surface area contributed by atoms with Crippen LogP contribution in [0.2, 0.25) is 11.1 Å². The van der Waals surface area contributed by atoms with E-state index < -0.39 is 6.10 Å². The quantitative estimate of drug-likeness (QED) is 0.492. The van der Waals surface area contributed by atoms with Crippen molar-refractivity contribution in [2.24, 2.45) is 0 Å². The first kappa shape index (κ1) is 11.7. The van der Waals surface area contributed by atoms with Crippen molar-refractivity contribution in [3.63, 3.8) is 0 Å². The maximum absolute atomic E-state index is 8.64. The van der Waals surface area contributed by atoms with E-state index in [4.69, 9.17) is 10.4 Å². The van der Waals surface area contributed by atoms with Crippen molar-refractivity contribution in [3.05, 3.63) is 0 Å². The SMILES string of the molecule is C[Se]CCC(O)C#N.O. The van der Waals surface area contributed by atoms with Gasteiger partial charge < -0.3 is 5.48 Å². The van der Waals surface area contributed by atoms with Crippen molar-refractivity contribution in [1.82, 2.24) is 0 Å². The van der Waals surface area contributed by atoms with Gasteiger partial charge >= 0.3 is 55.1 Å². The minimum absolute atomic E-state index is 0. The summed E-state index contributed by atoms with van der Waals surface area (Å²) in [6.45, 7) is 0. The summed E-state index contributed by atoms with van der Waals surface area (Å²) in [5.41, 5.74) is 0. The Labute approximate surface area is 61.1 Å². The predicted octanol–water partition coefficient (Wildman–Crippen LogP) is -0.393. The molecule has 0 saturated heterocycles. The van der Waals surface area contributed by atoms with Crippen molar-refractivity contribution in [1.29, 1.82) is 5.26 Å². The van der Waals surface area contributed by atoms with Crippen LogP contribution in [0.25, 0.3) is 0 Å². The Kier molecular flexibility index (Phi) is 10.3. The van der Waals surface area contributed by atoms with Crippen LogP contribution in [0.3, 0.4) is 0 Å². The molecule has 54 valence electrons. The maximum Gasteiger partial charge on any atom is -0.412 e. The predicted molar refractivity (Wildman–Crippen MR) is 36.3 cm³/mol. The Morgan fingerprint density at radius 1 is 1.78 bits per heavy atom. The van der Waals surface area contributed by atoms with Gasteiger partial charge in [-0.05, 0) is 0 Å². The molecule has 0 spiro atoms. The Bertz CT molecular complexity index is 91.4. The summed E-state index contributed by atoms with van der Waals surface area (Å²) in [6, 6.07) is 1.77. The van der Waals surface area contributed by atoms with Crippen LogP contribution in [-0.4, -0.2) is 31.6 Å². The van der Waals surface area contributed by atoms with E-state index in [0.717, 1.165) is 5.32 Å². The number of nitrogens with zero attached hydrogens (tertiary/aromatic N) is 1. The average Bonchev–Trinajstić information content (AvgIpc) is 1.83. The zero-order valence-electron chi connectivity index (χ0n) is 5.29. The molecule has 0 fully saturated rings. The molecule has 3 N–H and O–H groups in total. The molecular formula is C5H11NO2Se. The van der Waals surface area contributed by atoms with E-state index in [1.165, 1.54) is 0 Å². The second kappa shape index (κ2) is 7.93. The maximum atomic E-state index is 8.64. The molecule has 0 heterocycles. The van der Waals surface area contributed by atoms with Crippen LogP contribution in [0.1, 0.15) is 6.42 Å². The molecule has 0 aromatic heterocycles. The topological polar surface area (TPSA) is 75.5 Å². The molecule has 3 nitrogen and oxygen atoms in total. The average molecular weight is 196 g/mol. The Morgan fingerprint density at radius 2 is 2.33 bits per heavy atom. The molecule has 0 aliphatic heterocycles. The Hall–Kier alpha value is -0.0705. The van der Waals surface area contributed by atoms with Gasteiger partial charge in [0.1, 0.15) is 0 Å². The first-order valence-electron chi connectivity index (χ1n) is 2.38. The van der Waals surface area contributed by atoms with Crippen molar-refractivity contribution >= 4 is 15.0 Å². The third kappa shape index (κ3) is 7.93. The molecule has 0 aliphatic carbocycles. The molecule has 1 unspecified atom stereocenters. The van der Waals surface area contributed by atoms with Gasteiger partial charge in [0, 0.05) is 0 Å². The molecule has 0 saturated carbocycles. The Balaban J connectivity index is 0. The molecule has 9 heavy (non-hydrogen) atoms. The van der Waals surface area contributed by atoms with Crippen molar-refractivity contribution in [2.75, 3.05) is 0 Å². The third-order valence-electron chi connectivity index (χ3n) is 0.744. The summed E-state index contributed by atoms with van der Waals surface area (Å²) in [5, 5.41) is 17.7. The molecule has 4 heteroatoms. The molecule has 1 atom stereocenters. The fraction of sp³-hybridized carbons (Fsp3) is 0.800. The minimum atomic E-state index is -0.725. The van der Waals surface area contributed by atoms with Crippen molar-refractivity contribution < 1.29 is 10.6 Å². The van der Waals surface area contributed by atoms with Gasteiger partial charge in [-0.2, -0.15) is 0 Å². The van der Waals surface area contributed by atoms with Gasteiger partial charge in [-0.3, -0.25) is 0 Å². The third-order valence-corrected chi connectivity index (χ3v) is 2.10. The van der Waals surface area contributed by atoms with Gasteiger partial charge in [0.15, 0.2) is 0 Å². The molecule has 0 aliphatic rings. The van der Waals surface area contributed by atoms with Gasteiger partial charge in [0.25, 0.3) is 0 Å². The first-order chi connectivity index (χ1) is 3.81. The van der Waals surface area contributed by atoms with Crippen LogP contribution >= 0.6 is 0 Å². The fourth-order valence-electron chi connectivity index (χ4n) is 0.294. The van der Waals surface area contributed by atoms with Crippen LogP contribution in [-0.2, 0) is 0 Å². The summed E-state index contributed by atoms with van der Waals surface area (Å²) >= 11 is 0.595. The number of aliphatic hydroxyl groups excluding tert-OH is 1. The van der Waals surface area contributed by atoms with Crippen molar-refractivity contribution in [3.8, 4) is 6.07 Å². The van der Waals surface area contributed by atoms with E-state index in [1.807, 2.05) is 0 Å². The van der Waals surface area contributed by atoms with Crippen LogP contribution in [0.15, 0.2) is 0 Å². The van der Waals surface area contributed by atoms with E-state index >= 15 is 0 Å². The minimum Gasteiger partial charge on any atom is -0.412 e. The van der Waals surface area contributed by atoms with Crippen LogP contribution in [0, 0.1) is 11.3 Å². The molecule has 0 radical (unpaired) electrons. The number of aliphatic hydroxyl groups is 1. The zero-order valence-corrected chi connectivity index (χ0v) is 7.01. The summed E-state index contributed by atoms with van der Waals surface area (Å²) < 4.78 is 0. The first-order valence-corrected chi connectivity index (χ1v) is 5.30. The number of rotatable bonds is 3. The summed E-state index contributed by atoms with van der Waals surface area (Å²) in [6.07, 6.45) is -0.0793. The van der Waals surface area contributed by atoms with E-state index in [-0.39, 0.29) is 5.48 Å². The number of hydrogen-bond donors (Lipinski definition) is 1. The van der Waals surface area contributed by atoms with Crippen LogP contribution in [0.4, 0.5) is 0 Å². The molecule has 0 rings (SSSR count). The van der Waals surface area contributed by atoms with Crippen LogP contribution in [0.5, 0.6) is 0 Å². The van der Waals surface area contributed by atoms with E-state index in [0.29, 0.717) is 21.4 Å². The normalized spacial score (nSPS) is 11.2. The zero-order chi connectivity index (χ0) is 6.41. The number of nitriles is 1. The summed E-state index contributed by atoms with van der Waals surface area (Å²) in [4.78, 5) is 0. The monoisotopic (exact) mass is 197 g/mol. The molecule has 0 bridgehead atoms. The summed E-state index contributed by atoms with van der Waals surface area (Å²) in [5.74, 6) is 2.09. The largest absolute Gasteiger partial charge is 0.412 e. The Morgan fingerprint density at radius 3 is 2.67 bits per heavy atom. The fourth-order valence-corrected chi connectivity index (χ4v) is 1.26. The van der Waals surface area contributed by atoms with E-state index in [1.54, 1.807) is 6.07 Å². The van der Waals surface area contributed by atoms with Gasteiger partial charge in [-0.1, -0.05) is 0 Å². The standard InChI is InChI=1S/C5H9NOSe.H2O/c1-8-3-2-5(7)4-6;/h5,7H,2-3H2,1H3;1H2. The van der Waals surface area contributed by atoms with Crippen LogP contribution < -0.4 is 0 Å². The molecule has 0 amide bonds. The molecular weight excluding hydrogens is 185 g/mol. The second-order valence-corrected chi connectivity index (χ2v) is 3.49. The number of hydrogen-bond acceptors (Lipinski definition) is 2. The van der Waals surface area contributed by atoms with E-state index in [9.17, 15) is 0 Å². The van der Waals surface area contributed by atoms with Gasteiger partial charge in [-0.25, -0.2) is 0 Å². The second-order valence-electron chi connectivity index (χ2n) is 1.43. The van der Waals surface area contributed by atoms with Crippen molar-refractivity contribution in [2.45, 2.75) is 23.7 Å². The summed E-state index contributed by atoms with van der Waals surface area (Å²) in [7, 11) is 0.